The average Bonchev–Trinajstić information content (AvgIpc) is 3.60. The molecule has 2 aromatic carbocycles. The molecule has 0 radical (unpaired) electrons. The minimum absolute atomic E-state index is 0.0208. The van der Waals surface area contributed by atoms with Gasteiger partial charge < -0.3 is 21.2 Å². The molecule has 5 N–H and O–H groups in total. The first-order chi connectivity index (χ1) is 18.2. The second kappa shape index (κ2) is 13.0. The zero-order chi connectivity index (χ0) is 27.7. The molecule has 0 atom stereocenters. The molecule has 2 heterocycles. The number of esters is 1. The van der Waals surface area contributed by atoms with Crippen LogP contribution in [0.5, 0.6) is 0 Å². The summed E-state index contributed by atoms with van der Waals surface area (Å²) in [7, 11) is 1.46. The van der Waals surface area contributed by atoms with E-state index in [0.717, 1.165) is 23.7 Å². The lowest BCUT2D eigenvalue weighted by atomic mass is 10.1. The van der Waals surface area contributed by atoms with Gasteiger partial charge >= 0.3 is 5.97 Å². The SMILES string of the molecule is COC(=O)C1CCCC1.Cc1c[nH]c2cc(C(N)=O)ccc12.NC(=O)c1ccc(-n2ccccc2=O)cc1. The van der Waals surface area contributed by atoms with Gasteiger partial charge in [0.05, 0.1) is 13.0 Å². The van der Waals surface area contributed by atoms with Crippen molar-refractivity contribution in [1.29, 1.82) is 0 Å². The summed E-state index contributed by atoms with van der Waals surface area (Å²) in [6, 6.07) is 16.9. The maximum Gasteiger partial charge on any atom is 0.308 e. The van der Waals surface area contributed by atoms with Crippen LogP contribution in [0.25, 0.3) is 16.6 Å². The van der Waals surface area contributed by atoms with Crippen LogP contribution in [0.15, 0.2) is 77.9 Å². The smallest absolute Gasteiger partial charge is 0.308 e. The summed E-state index contributed by atoms with van der Waals surface area (Å²) in [4.78, 5) is 47.1. The first-order valence-electron chi connectivity index (χ1n) is 12.2. The fourth-order valence-electron chi connectivity index (χ4n) is 4.18. The Labute approximate surface area is 220 Å². The minimum Gasteiger partial charge on any atom is -0.469 e. The molecule has 1 aliphatic carbocycles. The number of H-pyrrole nitrogens is 1. The number of aromatic nitrogens is 2. The highest BCUT2D eigenvalue weighted by Crippen LogP contribution is 2.25. The van der Waals surface area contributed by atoms with Gasteiger partial charge in [0, 0.05) is 46.2 Å². The van der Waals surface area contributed by atoms with E-state index in [0.29, 0.717) is 16.8 Å². The van der Waals surface area contributed by atoms with Gasteiger partial charge in [0.2, 0.25) is 11.8 Å². The molecule has 9 nitrogen and oxygen atoms in total. The van der Waals surface area contributed by atoms with Gasteiger partial charge in [-0.15, -0.1) is 0 Å². The maximum atomic E-state index is 11.5. The van der Waals surface area contributed by atoms with E-state index in [-0.39, 0.29) is 17.4 Å². The second-order valence-corrected chi connectivity index (χ2v) is 8.92. The van der Waals surface area contributed by atoms with Crippen molar-refractivity contribution in [1.82, 2.24) is 9.55 Å². The molecule has 0 unspecified atom stereocenters. The van der Waals surface area contributed by atoms with Gasteiger partial charge in [-0.2, -0.15) is 0 Å². The lowest BCUT2D eigenvalue weighted by molar-refractivity contribution is -0.145. The van der Waals surface area contributed by atoms with Crippen LogP contribution in [0.4, 0.5) is 0 Å². The number of methoxy groups -OCH3 is 1. The van der Waals surface area contributed by atoms with Crippen LogP contribution in [-0.2, 0) is 9.53 Å². The number of primary amides is 2. The van der Waals surface area contributed by atoms with Gasteiger partial charge in [0.15, 0.2) is 0 Å². The molecule has 9 heteroatoms. The number of hydrogen-bond donors (Lipinski definition) is 3. The highest BCUT2D eigenvalue weighted by atomic mass is 16.5. The van der Waals surface area contributed by atoms with Crippen LogP contribution in [0.3, 0.4) is 0 Å². The van der Waals surface area contributed by atoms with E-state index in [9.17, 15) is 19.2 Å². The molecule has 0 spiro atoms. The number of aryl methyl sites for hydroxylation is 1. The van der Waals surface area contributed by atoms with E-state index in [4.69, 9.17) is 11.5 Å². The fraction of sp³-hybridized carbons (Fsp3) is 0.241. The molecule has 4 aromatic rings. The zero-order valence-electron chi connectivity index (χ0n) is 21.5. The Morgan fingerprint density at radius 3 is 2.13 bits per heavy atom. The summed E-state index contributed by atoms with van der Waals surface area (Å²) in [5.41, 5.74) is 14.0. The molecule has 2 amide bonds. The van der Waals surface area contributed by atoms with E-state index >= 15 is 0 Å². The van der Waals surface area contributed by atoms with Gasteiger partial charge in [-0.05, 0) is 67.8 Å². The van der Waals surface area contributed by atoms with Crippen molar-refractivity contribution in [3.63, 3.8) is 0 Å². The van der Waals surface area contributed by atoms with Gasteiger partial charge in [0.1, 0.15) is 0 Å². The molecule has 0 aliphatic heterocycles. The summed E-state index contributed by atoms with van der Waals surface area (Å²) in [6.45, 7) is 2.02. The Balaban J connectivity index is 0.000000164. The van der Waals surface area contributed by atoms with Crippen LogP contribution < -0.4 is 17.0 Å². The molecule has 1 aliphatic rings. The number of ether oxygens (including phenoxy) is 1. The van der Waals surface area contributed by atoms with Gasteiger partial charge in [-0.25, -0.2) is 0 Å². The molecule has 0 saturated heterocycles. The Bertz CT molecular complexity index is 1460. The van der Waals surface area contributed by atoms with Crippen LogP contribution in [-0.4, -0.2) is 34.4 Å². The number of fused-ring (bicyclic) bond motifs is 1. The van der Waals surface area contributed by atoms with E-state index < -0.39 is 11.8 Å². The number of nitrogens with two attached hydrogens (primary N) is 2. The number of nitrogens with zero attached hydrogens (tertiary/aromatic N) is 1. The van der Waals surface area contributed by atoms with Crippen molar-refractivity contribution in [2.45, 2.75) is 32.6 Å². The summed E-state index contributed by atoms with van der Waals surface area (Å²) in [5.74, 6) is -0.677. The molecule has 2 aromatic heterocycles. The molecule has 0 bridgehead atoms. The fourth-order valence-corrected chi connectivity index (χ4v) is 4.18. The Morgan fingerprint density at radius 1 is 0.921 bits per heavy atom. The second-order valence-electron chi connectivity index (χ2n) is 8.92. The summed E-state index contributed by atoms with van der Waals surface area (Å²) in [6.07, 6.45) is 8.04. The Kier molecular flexibility index (Phi) is 9.59. The average molecular weight is 517 g/mol. The quantitative estimate of drug-likeness (QED) is 0.352. The number of aromatic amines is 1. The van der Waals surface area contributed by atoms with Crippen LogP contribution >= 0.6 is 0 Å². The van der Waals surface area contributed by atoms with Crippen LogP contribution in [0, 0.1) is 12.8 Å². The third kappa shape index (κ3) is 7.19. The Hall–Kier alpha value is -4.66. The number of carbonyl (C=O) groups excluding carboxylic acids is 3. The van der Waals surface area contributed by atoms with Crippen LogP contribution in [0.2, 0.25) is 0 Å². The number of pyridine rings is 1. The van der Waals surface area contributed by atoms with Gasteiger partial charge in [-0.1, -0.05) is 25.0 Å². The number of carbonyl (C=O) groups is 3. The first-order valence-corrected chi connectivity index (χ1v) is 12.2. The topological polar surface area (TPSA) is 150 Å². The lowest BCUT2D eigenvalue weighted by Gasteiger charge is -2.04. The van der Waals surface area contributed by atoms with Crippen molar-refractivity contribution < 1.29 is 19.1 Å². The number of rotatable bonds is 4. The molecular weight excluding hydrogens is 484 g/mol. The highest BCUT2D eigenvalue weighted by molar-refractivity contribution is 5.97. The van der Waals surface area contributed by atoms with Crippen LogP contribution in [0.1, 0.15) is 52.0 Å². The van der Waals surface area contributed by atoms with Gasteiger partial charge in [-0.3, -0.25) is 23.7 Å². The van der Waals surface area contributed by atoms with E-state index in [1.165, 1.54) is 36.1 Å². The summed E-state index contributed by atoms with van der Waals surface area (Å²) in [5, 5.41) is 1.13. The van der Waals surface area contributed by atoms with Crippen molar-refractivity contribution in [2.24, 2.45) is 17.4 Å². The van der Waals surface area contributed by atoms with Gasteiger partial charge in [0.25, 0.3) is 5.56 Å². The zero-order valence-corrected chi connectivity index (χ0v) is 21.5. The Morgan fingerprint density at radius 2 is 1.55 bits per heavy atom. The number of amides is 2. The van der Waals surface area contributed by atoms with E-state index in [1.54, 1.807) is 54.7 Å². The third-order valence-corrected chi connectivity index (χ3v) is 6.32. The van der Waals surface area contributed by atoms with Crippen molar-refractivity contribution in [3.05, 3.63) is 100 Å². The molecular formula is C29H32N4O5. The normalized spacial score (nSPS) is 12.6. The molecule has 198 valence electrons. The van der Waals surface area contributed by atoms with E-state index in [2.05, 4.69) is 9.72 Å². The van der Waals surface area contributed by atoms with Crippen molar-refractivity contribution in [3.8, 4) is 5.69 Å². The lowest BCUT2D eigenvalue weighted by Crippen LogP contribution is -2.16. The first kappa shape index (κ1) is 27.9. The molecule has 5 rings (SSSR count). The number of benzene rings is 2. The monoisotopic (exact) mass is 516 g/mol. The highest BCUT2D eigenvalue weighted by Gasteiger charge is 2.22. The van der Waals surface area contributed by atoms with E-state index in [1.807, 2.05) is 19.2 Å². The maximum absolute atomic E-state index is 11.5. The van der Waals surface area contributed by atoms with Crippen molar-refractivity contribution >= 4 is 28.7 Å². The standard InChI is InChI=1S/C12H10N2O2.C10H10N2O.C7H12O2/c13-12(16)9-4-6-10(7-5-9)14-8-2-1-3-11(14)15;1-6-5-12-9-4-7(10(11)13)2-3-8(6)9;1-9-7(8)6-4-2-3-5-6/h1-8H,(H2,13,16);2-5,12H,1H3,(H2,11,13);6H,2-5H2,1H3. The third-order valence-electron chi connectivity index (χ3n) is 6.32. The number of nitrogens with one attached hydrogen (secondary N) is 1. The predicted molar refractivity (Wildman–Crippen MR) is 146 cm³/mol. The predicted octanol–water partition coefficient (Wildman–Crippen LogP) is 3.86. The summed E-state index contributed by atoms with van der Waals surface area (Å²) >= 11 is 0. The molecule has 1 fully saturated rings. The van der Waals surface area contributed by atoms with Crippen molar-refractivity contribution in [2.75, 3.05) is 7.11 Å². The molecule has 1 saturated carbocycles. The molecule has 38 heavy (non-hydrogen) atoms. The summed E-state index contributed by atoms with van der Waals surface area (Å²) < 4.78 is 6.09. The number of hydrogen-bond acceptors (Lipinski definition) is 5. The minimum atomic E-state index is -0.480. The largest absolute Gasteiger partial charge is 0.469 e.